The number of benzene rings is 3. The number of carboxylic acids is 1. The van der Waals surface area contributed by atoms with Crippen LogP contribution in [-0.4, -0.2) is 34.0 Å². The molecule has 1 unspecified atom stereocenters. The van der Waals surface area contributed by atoms with Gasteiger partial charge in [0.15, 0.2) is 0 Å². The van der Waals surface area contributed by atoms with Crippen LogP contribution >= 0.6 is 23.4 Å². The number of aliphatic carboxylic acids is 1. The zero-order valence-electron chi connectivity index (χ0n) is 18.6. The molecule has 3 aromatic rings. The fraction of sp³-hybridized carbons (Fsp3) is 0.0769. The monoisotopic (exact) mass is 522 g/mol. The van der Waals surface area contributed by atoms with Crippen LogP contribution in [0.2, 0.25) is 5.02 Å². The van der Waals surface area contributed by atoms with Crippen molar-refractivity contribution in [2.24, 2.45) is 0 Å². The third-order valence-corrected chi connectivity index (χ3v) is 6.44. The number of carbonyl (C=O) groups is 4. The Morgan fingerprint density at radius 1 is 1.00 bits per heavy atom. The number of hydrogen-bond donors (Lipinski definition) is 2. The van der Waals surface area contributed by atoms with Gasteiger partial charge in [-0.25, -0.2) is 9.69 Å². The largest absolute Gasteiger partial charge is 0.478 e. The molecule has 1 heterocycles. The number of thioether (sulfide) groups is 1. The highest BCUT2D eigenvalue weighted by molar-refractivity contribution is 8.00. The summed E-state index contributed by atoms with van der Waals surface area (Å²) in [6.07, 6.45) is 1.68. The normalized spacial score (nSPS) is 15.4. The van der Waals surface area contributed by atoms with Gasteiger partial charge in [-0.2, -0.15) is 0 Å². The van der Waals surface area contributed by atoms with E-state index in [1.54, 1.807) is 72.8 Å². The molecule has 0 saturated carbocycles. The van der Waals surface area contributed by atoms with Gasteiger partial charge in [-0.05, 0) is 66.7 Å². The van der Waals surface area contributed by atoms with E-state index in [9.17, 15) is 19.2 Å². The second kappa shape index (κ2) is 11.1. The minimum Gasteiger partial charge on any atom is -0.478 e. The van der Waals surface area contributed by atoms with Gasteiger partial charge < -0.3 is 15.2 Å². The summed E-state index contributed by atoms with van der Waals surface area (Å²) in [5.74, 6) is -1.33. The van der Waals surface area contributed by atoms with Crippen LogP contribution in [0.5, 0.6) is 11.5 Å². The van der Waals surface area contributed by atoms with Gasteiger partial charge in [0.2, 0.25) is 17.7 Å². The maximum Gasteiger partial charge on any atom is 0.328 e. The number of halogens is 1. The van der Waals surface area contributed by atoms with E-state index in [0.717, 1.165) is 17.1 Å². The zero-order chi connectivity index (χ0) is 25.7. The molecule has 1 saturated heterocycles. The van der Waals surface area contributed by atoms with Gasteiger partial charge in [-0.15, -0.1) is 11.8 Å². The quantitative estimate of drug-likeness (QED) is 0.311. The molecule has 182 valence electrons. The number of nitrogens with zero attached hydrogens (tertiary/aromatic N) is 1. The summed E-state index contributed by atoms with van der Waals surface area (Å²) in [5, 5.41) is 11.2. The van der Waals surface area contributed by atoms with Crippen LogP contribution in [0.15, 0.2) is 89.8 Å². The fourth-order valence-electron chi connectivity index (χ4n) is 3.41. The summed E-state index contributed by atoms with van der Waals surface area (Å²) < 4.78 is 5.76. The molecule has 0 bridgehead atoms. The molecule has 1 aliphatic heterocycles. The van der Waals surface area contributed by atoms with Crippen LogP contribution in [0.3, 0.4) is 0 Å². The van der Waals surface area contributed by atoms with Crippen molar-refractivity contribution in [2.45, 2.75) is 16.6 Å². The number of hydrogen-bond acceptors (Lipinski definition) is 6. The van der Waals surface area contributed by atoms with E-state index in [2.05, 4.69) is 5.32 Å². The van der Waals surface area contributed by atoms with Crippen LogP contribution in [0.4, 0.5) is 11.4 Å². The molecule has 0 radical (unpaired) electrons. The summed E-state index contributed by atoms with van der Waals surface area (Å²) in [6, 6.07) is 20.3. The van der Waals surface area contributed by atoms with Crippen molar-refractivity contribution in [3.8, 4) is 11.5 Å². The molecule has 36 heavy (non-hydrogen) atoms. The fourth-order valence-corrected chi connectivity index (χ4v) is 4.65. The van der Waals surface area contributed by atoms with Crippen molar-refractivity contribution >= 4 is 58.4 Å². The molecule has 1 aliphatic rings. The maximum absolute atomic E-state index is 13.0. The number of ether oxygens (including phenoxy) is 1. The summed E-state index contributed by atoms with van der Waals surface area (Å²) in [6.45, 7) is 0. The van der Waals surface area contributed by atoms with Gasteiger partial charge in [0.25, 0.3) is 0 Å². The minimum absolute atomic E-state index is 0.0322. The lowest BCUT2D eigenvalue weighted by Crippen LogP contribution is -2.31. The molecular formula is C26H19ClN2O6S. The summed E-state index contributed by atoms with van der Waals surface area (Å²) in [7, 11) is 0. The van der Waals surface area contributed by atoms with Crippen molar-refractivity contribution in [3.63, 3.8) is 0 Å². The van der Waals surface area contributed by atoms with E-state index in [4.69, 9.17) is 21.4 Å². The average Bonchev–Trinajstić information content (AvgIpc) is 3.12. The van der Waals surface area contributed by atoms with Gasteiger partial charge in [-0.1, -0.05) is 17.7 Å². The maximum atomic E-state index is 13.0. The molecule has 0 aromatic heterocycles. The molecule has 8 nitrogen and oxygen atoms in total. The zero-order valence-corrected chi connectivity index (χ0v) is 20.2. The van der Waals surface area contributed by atoms with Crippen molar-refractivity contribution in [3.05, 3.63) is 90.0 Å². The van der Waals surface area contributed by atoms with Crippen molar-refractivity contribution in [2.75, 3.05) is 10.2 Å². The Kier molecular flexibility index (Phi) is 7.72. The average molecular weight is 523 g/mol. The molecule has 2 N–H and O–H groups in total. The molecule has 1 atom stereocenters. The molecule has 10 heteroatoms. The smallest absolute Gasteiger partial charge is 0.328 e. The topological polar surface area (TPSA) is 113 Å². The Bertz CT molecular complexity index is 1340. The second-order valence-corrected chi connectivity index (χ2v) is 9.33. The van der Waals surface area contributed by atoms with Crippen molar-refractivity contribution < 1.29 is 29.0 Å². The SMILES string of the molecule is O=C(O)C=CC(=O)Nc1cccc(SC2CC(=O)N(c3ccc(Oc4ccc(Cl)cc4)cc3)C2=O)c1. The number of carbonyl (C=O) groups excluding carboxylic acids is 3. The van der Waals surface area contributed by atoms with E-state index in [1.165, 1.54) is 11.8 Å². The molecule has 3 aromatic carbocycles. The first kappa shape index (κ1) is 25.0. The number of nitrogens with one attached hydrogen (secondary N) is 1. The number of anilines is 2. The van der Waals surface area contributed by atoms with E-state index >= 15 is 0 Å². The van der Waals surface area contributed by atoms with Crippen molar-refractivity contribution in [1.29, 1.82) is 0 Å². The van der Waals surface area contributed by atoms with E-state index in [-0.39, 0.29) is 18.2 Å². The Balaban J connectivity index is 1.40. The lowest BCUT2D eigenvalue weighted by atomic mass is 10.2. The van der Waals surface area contributed by atoms with E-state index in [0.29, 0.717) is 32.8 Å². The Morgan fingerprint density at radius 3 is 2.33 bits per heavy atom. The molecule has 0 spiro atoms. The molecule has 0 aliphatic carbocycles. The Labute approximate surface area is 215 Å². The van der Waals surface area contributed by atoms with Crippen LogP contribution < -0.4 is 15.0 Å². The molecular weight excluding hydrogens is 504 g/mol. The van der Waals surface area contributed by atoms with Crippen LogP contribution in [0.25, 0.3) is 0 Å². The standard InChI is InChI=1S/C26H19ClN2O6S/c27-16-4-8-19(9-5-16)35-20-10-6-18(7-11-20)29-24(31)15-22(26(29)34)36-21-3-1-2-17(14-21)28-23(30)12-13-25(32)33/h1-14,22H,15H2,(H,28,30)(H,32,33). The van der Waals surface area contributed by atoms with E-state index in [1.807, 2.05) is 0 Å². The first-order chi connectivity index (χ1) is 17.3. The van der Waals surface area contributed by atoms with Crippen LogP contribution in [0.1, 0.15) is 6.42 Å². The van der Waals surface area contributed by atoms with E-state index < -0.39 is 17.1 Å². The van der Waals surface area contributed by atoms with Gasteiger partial charge >= 0.3 is 5.97 Å². The van der Waals surface area contributed by atoms with Gasteiger partial charge in [0, 0.05) is 34.2 Å². The van der Waals surface area contributed by atoms with Crippen molar-refractivity contribution in [1.82, 2.24) is 0 Å². The summed E-state index contributed by atoms with van der Waals surface area (Å²) in [5.41, 5.74) is 0.882. The lowest BCUT2D eigenvalue weighted by molar-refractivity contribution is -0.131. The third-order valence-electron chi connectivity index (χ3n) is 5.01. The first-order valence-corrected chi connectivity index (χ1v) is 11.9. The van der Waals surface area contributed by atoms with Gasteiger partial charge in [0.05, 0.1) is 10.9 Å². The predicted molar refractivity (Wildman–Crippen MR) is 137 cm³/mol. The van der Waals surface area contributed by atoms with Gasteiger partial charge in [0.1, 0.15) is 11.5 Å². The second-order valence-electron chi connectivity index (χ2n) is 7.62. The molecule has 3 amide bonds. The highest BCUT2D eigenvalue weighted by Crippen LogP contribution is 2.35. The Morgan fingerprint density at radius 2 is 1.67 bits per heavy atom. The summed E-state index contributed by atoms with van der Waals surface area (Å²) in [4.78, 5) is 49.9. The van der Waals surface area contributed by atoms with Crippen LogP contribution in [0, 0.1) is 0 Å². The Hall–Kier alpha value is -4.08. The molecule has 4 rings (SSSR count). The van der Waals surface area contributed by atoms with Crippen LogP contribution in [-0.2, 0) is 19.2 Å². The minimum atomic E-state index is -1.23. The first-order valence-electron chi connectivity index (χ1n) is 10.7. The predicted octanol–water partition coefficient (Wildman–Crippen LogP) is 5.14. The number of rotatable bonds is 8. The third kappa shape index (κ3) is 6.32. The highest BCUT2D eigenvalue weighted by atomic mass is 35.5. The lowest BCUT2D eigenvalue weighted by Gasteiger charge is -2.16. The summed E-state index contributed by atoms with van der Waals surface area (Å²) >= 11 is 7.10. The highest BCUT2D eigenvalue weighted by Gasteiger charge is 2.40. The van der Waals surface area contributed by atoms with Gasteiger partial charge in [-0.3, -0.25) is 14.4 Å². The number of carboxylic acid groups (broad SMARTS) is 1. The number of amides is 3. The number of imide groups is 1. The molecule has 1 fully saturated rings.